The van der Waals surface area contributed by atoms with Gasteiger partial charge in [-0.1, -0.05) is 12.1 Å². The molecule has 0 amide bonds. The number of rotatable bonds is 5. The van der Waals surface area contributed by atoms with Crippen LogP contribution in [0.15, 0.2) is 53.6 Å². The van der Waals surface area contributed by atoms with E-state index >= 15 is 0 Å². The number of sulfone groups is 1. The maximum absolute atomic E-state index is 12.0. The minimum atomic E-state index is -3.39. The minimum Gasteiger partial charge on any atom is -0.477 e. The molecule has 10 nitrogen and oxygen atoms in total. The second kappa shape index (κ2) is 7.12. The van der Waals surface area contributed by atoms with Gasteiger partial charge >= 0.3 is 5.97 Å². The van der Waals surface area contributed by atoms with E-state index in [9.17, 15) is 18.3 Å². The van der Waals surface area contributed by atoms with E-state index in [1.54, 1.807) is 24.4 Å². The number of benzene rings is 2. The Balaban J connectivity index is 1.82. The van der Waals surface area contributed by atoms with E-state index in [1.165, 1.54) is 24.3 Å². The maximum Gasteiger partial charge on any atom is 0.341 e. The minimum absolute atomic E-state index is 0.0139. The van der Waals surface area contributed by atoms with E-state index in [4.69, 9.17) is 5.73 Å². The van der Waals surface area contributed by atoms with Crippen LogP contribution in [-0.2, 0) is 9.84 Å². The van der Waals surface area contributed by atoms with Crippen LogP contribution in [0.5, 0.6) is 0 Å². The first kappa shape index (κ1) is 19.3. The third-order valence-corrected chi connectivity index (χ3v) is 5.53. The second-order valence-corrected chi connectivity index (χ2v) is 8.57. The Morgan fingerprint density at radius 1 is 1.13 bits per heavy atom. The highest BCUT2D eigenvalue weighted by molar-refractivity contribution is 7.90. The first-order valence-electron chi connectivity index (χ1n) is 8.64. The van der Waals surface area contributed by atoms with Gasteiger partial charge in [0.05, 0.1) is 22.3 Å². The predicted molar refractivity (Wildman–Crippen MR) is 111 cm³/mol. The summed E-state index contributed by atoms with van der Waals surface area (Å²) in [5, 5.41) is 20.4. The molecule has 0 fully saturated rings. The number of nitrogen functional groups attached to an aromatic ring is 1. The Morgan fingerprint density at radius 3 is 2.53 bits per heavy atom. The number of carboxylic acids is 1. The van der Waals surface area contributed by atoms with E-state index in [1.807, 2.05) is 0 Å². The largest absolute Gasteiger partial charge is 0.477 e. The lowest BCUT2D eigenvalue weighted by Gasteiger charge is -2.13. The zero-order valence-corrected chi connectivity index (χ0v) is 16.4. The number of fused-ring (bicyclic) bond motifs is 1. The van der Waals surface area contributed by atoms with Gasteiger partial charge in [-0.05, 0) is 30.3 Å². The number of aromatic carboxylic acids is 1. The number of hydrogen-bond acceptors (Lipinski definition) is 8. The lowest BCUT2D eigenvalue weighted by molar-refractivity contribution is 0.0698. The molecule has 0 spiro atoms. The van der Waals surface area contributed by atoms with Crippen LogP contribution >= 0.6 is 0 Å². The van der Waals surface area contributed by atoms with Gasteiger partial charge in [-0.15, -0.1) is 0 Å². The van der Waals surface area contributed by atoms with Crippen LogP contribution in [-0.4, -0.2) is 45.9 Å². The smallest absolute Gasteiger partial charge is 0.341 e. The molecule has 11 heteroatoms. The fourth-order valence-corrected chi connectivity index (χ4v) is 3.63. The van der Waals surface area contributed by atoms with Gasteiger partial charge < -0.3 is 16.2 Å². The second-order valence-electron chi connectivity index (χ2n) is 6.55. The van der Waals surface area contributed by atoms with Gasteiger partial charge in [-0.2, -0.15) is 10.1 Å². The van der Waals surface area contributed by atoms with Gasteiger partial charge in [0.2, 0.25) is 5.95 Å². The van der Waals surface area contributed by atoms with Crippen LogP contribution in [0.1, 0.15) is 10.4 Å². The number of carbonyl (C=O) groups is 1. The average molecular weight is 424 g/mol. The molecule has 4 rings (SSSR count). The number of nitrogens with one attached hydrogen (secondary N) is 2. The molecule has 0 unspecified atom stereocenters. The van der Waals surface area contributed by atoms with Gasteiger partial charge in [0.25, 0.3) is 0 Å². The monoisotopic (exact) mass is 424 g/mol. The third-order valence-electron chi connectivity index (χ3n) is 4.40. The van der Waals surface area contributed by atoms with Gasteiger partial charge in [-0.25, -0.2) is 18.2 Å². The summed E-state index contributed by atoms with van der Waals surface area (Å²) in [6, 6.07) is 11.0. The van der Waals surface area contributed by atoms with Gasteiger partial charge in [0.15, 0.2) is 15.7 Å². The molecule has 2 aromatic carbocycles. The molecule has 30 heavy (non-hydrogen) atoms. The number of H-pyrrole nitrogens is 1. The lowest BCUT2D eigenvalue weighted by atomic mass is 10.1. The summed E-state index contributed by atoms with van der Waals surface area (Å²) in [7, 11) is -3.39. The third kappa shape index (κ3) is 3.65. The number of aromatic nitrogens is 4. The normalized spacial score (nSPS) is 11.5. The molecule has 0 aliphatic rings. The van der Waals surface area contributed by atoms with Crippen molar-refractivity contribution in [3.05, 3.63) is 54.2 Å². The zero-order chi connectivity index (χ0) is 21.5. The molecular formula is C19H16N6O4S. The lowest BCUT2D eigenvalue weighted by Crippen LogP contribution is -2.11. The number of carboxylic acid groups (broad SMARTS) is 1. The summed E-state index contributed by atoms with van der Waals surface area (Å²) in [5.74, 6) is -1.38. The van der Waals surface area contributed by atoms with Crippen molar-refractivity contribution in [1.29, 1.82) is 0 Å². The zero-order valence-electron chi connectivity index (χ0n) is 15.6. The molecule has 0 saturated heterocycles. The van der Waals surface area contributed by atoms with Crippen molar-refractivity contribution in [3.63, 3.8) is 0 Å². The van der Waals surface area contributed by atoms with Crippen LogP contribution in [0.4, 0.5) is 17.5 Å². The van der Waals surface area contributed by atoms with Crippen LogP contribution < -0.4 is 11.1 Å². The summed E-state index contributed by atoms with van der Waals surface area (Å²) in [4.78, 5) is 20.3. The number of nitrogens with two attached hydrogens (primary N) is 1. The van der Waals surface area contributed by atoms with E-state index in [0.717, 1.165) is 17.2 Å². The van der Waals surface area contributed by atoms with Gasteiger partial charge in [0, 0.05) is 22.9 Å². The average Bonchev–Trinajstić information content (AvgIpc) is 3.14. The Bertz CT molecular complexity index is 1380. The van der Waals surface area contributed by atoms with E-state index in [0.29, 0.717) is 11.3 Å². The van der Waals surface area contributed by atoms with Crippen molar-refractivity contribution in [2.24, 2.45) is 0 Å². The number of aromatic amines is 1. The van der Waals surface area contributed by atoms with Crippen molar-refractivity contribution in [1.82, 2.24) is 20.2 Å². The molecule has 5 N–H and O–H groups in total. The Kier molecular flexibility index (Phi) is 4.59. The Hall–Kier alpha value is -3.99. The quantitative estimate of drug-likeness (QED) is 0.376. The van der Waals surface area contributed by atoms with Crippen molar-refractivity contribution in [2.45, 2.75) is 4.90 Å². The molecule has 0 aliphatic heterocycles. The topological polar surface area (TPSA) is 164 Å². The van der Waals surface area contributed by atoms with Crippen molar-refractivity contribution >= 4 is 44.2 Å². The maximum atomic E-state index is 12.0. The van der Waals surface area contributed by atoms with Crippen LogP contribution in [0.25, 0.3) is 22.2 Å². The predicted octanol–water partition coefficient (Wildman–Crippen LogP) is 2.45. The summed E-state index contributed by atoms with van der Waals surface area (Å²) in [6.45, 7) is 0. The standard InChI is InChI=1S/C19H16N6O4S/c1-30(28,29)13-5-2-10(3-6-13)16-15(18(26)27)17(24-19(20)23-16)22-12-4-7-14-11(8-12)9-21-25-14/h2-9H,1H3,(H,21,25)(H,26,27)(H3,20,22,23,24). The Morgan fingerprint density at radius 2 is 1.87 bits per heavy atom. The van der Waals surface area contributed by atoms with Gasteiger partial charge in [-0.3, -0.25) is 5.10 Å². The molecule has 2 heterocycles. The van der Waals surface area contributed by atoms with Crippen molar-refractivity contribution < 1.29 is 18.3 Å². The van der Waals surface area contributed by atoms with E-state index in [2.05, 4.69) is 25.5 Å². The highest BCUT2D eigenvalue weighted by atomic mass is 32.2. The SMILES string of the molecule is CS(=O)(=O)c1ccc(-c2nc(N)nc(Nc3ccc4[nH]ncc4c3)c2C(=O)O)cc1. The van der Waals surface area contributed by atoms with Gasteiger partial charge in [0.1, 0.15) is 5.56 Å². The summed E-state index contributed by atoms with van der Waals surface area (Å²) < 4.78 is 23.4. The molecule has 0 aliphatic carbocycles. The highest BCUT2D eigenvalue weighted by Crippen LogP contribution is 2.30. The molecule has 2 aromatic heterocycles. The first-order valence-corrected chi connectivity index (χ1v) is 10.5. The molecule has 0 atom stereocenters. The fourth-order valence-electron chi connectivity index (χ4n) is 3.00. The van der Waals surface area contributed by atoms with Crippen LogP contribution in [0.2, 0.25) is 0 Å². The number of nitrogens with zero attached hydrogens (tertiary/aromatic N) is 3. The van der Waals surface area contributed by atoms with E-state index < -0.39 is 15.8 Å². The van der Waals surface area contributed by atoms with E-state index in [-0.39, 0.29) is 27.9 Å². The molecular weight excluding hydrogens is 408 g/mol. The fraction of sp³-hybridized carbons (Fsp3) is 0.0526. The molecule has 152 valence electrons. The van der Waals surface area contributed by atoms with Crippen molar-refractivity contribution in [3.8, 4) is 11.3 Å². The van der Waals surface area contributed by atoms with Crippen LogP contribution in [0.3, 0.4) is 0 Å². The number of hydrogen-bond donors (Lipinski definition) is 4. The molecule has 0 saturated carbocycles. The van der Waals surface area contributed by atoms with Crippen molar-refractivity contribution in [2.75, 3.05) is 17.3 Å². The molecule has 4 aromatic rings. The summed E-state index contributed by atoms with van der Waals surface area (Å²) in [5.41, 5.74) is 7.51. The van der Waals surface area contributed by atoms with Crippen LogP contribution in [0, 0.1) is 0 Å². The summed E-state index contributed by atoms with van der Waals surface area (Å²) >= 11 is 0. The number of anilines is 3. The first-order chi connectivity index (χ1) is 14.2. The summed E-state index contributed by atoms with van der Waals surface area (Å²) in [6.07, 6.45) is 2.73. The molecule has 0 radical (unpaired) electrons. The Labute approximate surface area is 170 Å². The highest BCUT2D eigenvalue weighted by Gasteiger charge is 2.22. The molecule has 0 bridgehead atoms.